The van der Waals surface area contributed by atoms with E-state index in [1.807, 2.05) is 24.3 Å². The number of aryl methyl sites for hydroxylation is 1. The van der Waals surface area contributed by atoms with Gasteiger partial charge in [-0.15, -0.1) is 0 Å². The van der Waals surface area contributed by atoms with Crippen molar-refractivity contribution in [3.8, 4) is 0 Å². The molecule has 0 saturated carbocycles. The maximum atomic E-state index is 11.9. The minimum atomic E-state index is -3.83. The summed E-state index contributed by atoms with van der Waals surface area (Å²) in [6.07, 6.45) is 3.03. The van der Waals surface area contributed by atoms with Crippen molar-refractivity contribution in [2.24, 2.45) is 5.14 Å². The number of sulfonamides is 1. The van der Waals surface area contributed by atoms with Crippen LogP contribution in [0, 0.1) is 6.92 Å². The fourth-order valence-electron chi connectivity index (χ4n) is 1.94. The van der Waals surface area contributed by atoms with Crippen LogP contribution in [0.5, 0.6) is 0 Å². The van der Waals surface area contributed by atoms with Crippen molar-refractivity contribution in [2.45, 2.75) is 11.8 Å². The molecule has 7 heteroatoms. The van der Waals surface area contributed by atoms with Gasteiger partial charge in [-0.05, 0) is 42.3 Å². The van der Waals surface area contributed by atoms with E-state index >= 15 is 0 Å². The number of rotatable bonds is 4. The largest absolute Gasteiger partial charge is 0.322 e. The lowest BCUT2D eigenvalue weighted by molar-refractivity contribution is -0.111. The molecule has 0 aliphatic heterocycles. The monoisotopic (exact) mass is 394 g/mol. The normalized spacial score (nSPS) is 11.6. The third kappa shape index (κ3) is 4.75. The summed E-state index contributed by atoms with van der Waals surface area (Å²) < 4.78 is 23.8. The van der Waals surface area contributed by atoms with E-state index in [9.17, 15) is 13.2 Å². The zero-order valence-corrected chi connectivity index (χ0v) is 14.7. The Labute approximate surface area is 143 Å². The number of hydrogen-bond acceptors (Lipinski definition) is 3. The van der Waals surface area contributed by atoms with Gasteiger partial charge in [-0.25, -0.2) is 13.6 Å². The van der Waals surface area contributed by atoms with E-state index in [1.165, 1.54) is 12.1 Å². The molecule has 0 spiro atoms. The Hall–Kier alpha value is -1.96. The van der Waals surface area contributed by atoms with Gasteiger partial charge in [0.05, 0.1) is 4.90 Å². The predicted octanol–water partition coefficient (Wildman–Crippen LogP) is 3.06. The molecule has 0 aliphatic carbocycles. The second kappa shape index (κ2) is 7.08. The molecule has 3 N–H and O–H groups in total. The van der Waals surface area contributed by atoms with Gasteiger partial charge in [0, 0.05) is 16.2 Å². The molecule has 2 aromatic carbocycles. The topological polar surface area (TPSA) is 89.3 Å². The summed E-state index contributed by atoms with van der Waals surface area (Å²) in [6, 6.07) is 12.0. The van der Waals surface area contributed by atoms with Crippen LogP contribution in [0.25, 0.3) is 6.08 Å². The van der Waals surface area contributed by atoms with Crippen LogP contribution in [0.2, 0.25) is 0 Å². The number of benzene rings is 2. The predicted molar refractivity (Wildman–Crippen MR) is 94.4 cm³/mol. The first-order valence-electron chi connectivity index (χ1n) is 6.64. The van der Waals surface area contributed by atoms with Gasteiger partial charge in [0.25, 0.3) is 0 Å². The first-order chi connectivity index (χ1) is 10.8. The first-order valence-corrected chi connectivity index (χ1v) is 8.98. The molecule has 0 heterocycles. The molecular weight excluding hydrogens is 380 g/mol. The maximum Gasteiger partial charge on any atom is 0.248 e. The summed E-state index contributed by atoms with van der Waals surface area (Å²) in [6.45, 7) is 1.64. The van der Waals surface area contributed by atoms with Crippen molar-refractivity contribution in [1.29, 1.82) is 0 Å². The summed E-state index contributed by atoms with van der Waals surface area (Å²) in [5.41, 5.74) is 1.74. The number of amides is 1. The Morgan fingerprint density at radius 2 is 1.91 bits per heavy atom. The highest BCUT2D eigenvalue weighted by atomic mass is 79.9. The molecule has 5 nitrogen and oxygen atoms in total. The van der Waals surface area contributed by atoms with Crippen molar-refractivity contribution in [2.75, 3.05) is 5.32 Å². The lowest BCUT2D eigenvalue weighted by Crippen LogP contribution is -2.15. The fourth-order valence-corrected chi connectivity index (χ4v) is 3.17. The SMILES string of the molecule is Cc1ccc(NC(=O)/C=C/c2ccccc2Br)cc1S(N)(=O)=O. The van der Waals surface area contributed by atoms with Crippen LogP contribution in [0.1, 0.15) is 11.1 Å². The van der Waals surface area contributed by atoms with Gasteiger partial charge < -0.3 is 5.32 Å². The van der Waals surface area contributed by atoms with Gasteiger partial charge >= 0.3 is 0 Å². The van der Waals surface area contributed by atoms with Crippen LogP contribution < -0.4 is 10.5 Å². The van der Waals surface area contributed by atoms with Gasteiger partial charge in [-0.3, -0.25) is 4.79 Å². The van der Waals surface area contributed by atoms with Gasteiger partial charge in [0.2, 0.25) is 15.9 Å². The summed E-state index contributed by atoms with van der Waals surface area (Å²) in [5.74, 6) is -0.370. The van der Waals surface area contributed by atoms with Crippen LogP contribution in [0.3, 0.4) is 0 Å². The Bertz CT molecular complexity index is 877. The summed E-state index contributed by atoms with van der Waals surface area (Å²) >= 11 is 3.39. The van der Waals surface area contributed by atoms with Crippen LogP contribution in [-0.4, -0.2) is 14.3 Å². The van der Waals surface area contributed by atoms with E-state index in [0.29, 0.717) is 11.3 Å². The van der Waals surface area contributed by atoms with Crippen molar-refractivity contribution < 1.29 is 13.2 Å². The van der Waals surface area contributed by atoms with Crippen molar-refractivity contribution in [3.63, 3.8) is 0 Å². The molecule has 0 saturated heterocycles. The molecule has 2 rings (SSSR count). The molecule has 2 aromatic rings. The Kier molecular flexibility index (Phi) is 5.35. The fraction of sp³-hybridized carbons (Fsp3) is 0.0625. The third-order valence-corrected chi connectivity index (χ3v) is 4.86. The number of carbonyl (C=O) groups is 1. The average Bonchev–Trinajstić information content (AvgIpc) is 2.47. The Morgan fingerprint density at radius 1 is 1.22 bits per heavy atom. The number of primary sulfonamides is 1. The van der Waals surface area contributed by atoms with Gasteiger partial charge in [-0.2, -0.15) is 0 Å². The second-order valence-electron chi connectivity index (χ2n) is 4.87. The Morgan fingerprint density at radius 3 is 2.57 bits per heavy atom. The van der Waals surface area contributed by atoms with E-state index in [1.54, 1.807) is 25.1 Å². The number of hydrogen-bond donors (Lipinski definition) is 2. The highest BCUT2D eigenvalue weighted by molar-refractivity contribution is 9.10. The quantitative estimate of drug-likeness (QED) is 0.780. The number of nitrogens with one attached hydrogen (secondary N) is 1. The molecular formula is C16H15BrN2O3S. The van der Waals surface area contributed by atoms with Crippen LogP contribution in [0.4, 0.5) is 5.69 Å². The lowest BCUT2D eigenvalue weighted by atomic mass is 10.2. The first kappa shape index (κ1) is 17.4. The van der Waals surface area contributed by atoms with Crippen molar-refractivity contribution >= 4 is 43.6 Å². The zero-order chi connectivity index (χ0) is 17.0. The maximum absolute atomic E-state index is 11.9. The van der Waals surface area contributed by atoms with E-state index in [4.69, 9.17) is 5.14 Å². The molecule has 0 bridgehead atoms. The van der Waals surface area contributed by atoms with E-state index in [2.05, 4.69) is 21.2 Å². The van der Waals surface area contributed by atoms with E-state index < -0.39 is 10.0 Å². The summed E-state index contributed by atoms with van der Waals surface area (Å²) in [7, 11) is -3.83. The molecule has 0 aliphatic rings. The van der Waals surface area contributed by atoms with E-state index in [-0.39, 0.29) is 10.8 Å². The third-order valence-electron chi connectivity index (χ3n) is 3.08. The summed E-state index contributed by atoms with van der Waals surface area (Å²) in [4.78, 5) is 11.9. The number of nitrogens with two attached hydrogens (primary N) is 1. The number of halogens is 1. The average molecular weight is 395 g/mol. The highest BCUT2D eigenvalue weighted by Gasteiger charge is 2.12. The Balaban J connectivity index is 2.17. The van der Waals surface area contributed by atoms with Crippen molar-refractivity contribution in [1.82, 2.24) is 0 Å². The molecule has 0 aromatic heterocycles. The van der Waals surface area contributed by atoms with Crippen LogP contribution in [0.15, 0.2) is 57.9 Å². The van der Waals surface area contributed by atoms with Gasteiger partial charge in [-0.1, -0.05) is 40.2 Å². The summed E-state index contributed by atoms with van der Waals surface area (Å²) in [5, 5.41) is 7.76. The second-order valence-corrected chi connectivity index (χ2v) is 7.25. The highest BCUT2D eigenvalue weighted by Crippen LogP contribution is 2.20. The number of carbonyl (C=O) groups excluding carboxylic acids is 1. The molecule has 0 radical (unpaired) electrons. The molecule has 0 unspecified atom stereocenters. The minimum absolute atomic E-state index is 0.00918. The lowest BCUT2D eigenvalue weighted by Gasteiger charge is -2.07. The zero-order valence-electron chi connectivity index (χ0n) is 12.3. The van der Waals surface area contributed by atoms with Gasteiger partial charge in [0.1, 0.15) is 0 Å². The molecule has 23 heavy (non-hydrogen) atoms. The van der Waals surface area contributed by atoms with Crippen LogP contribution >= 0.6 is 15.9 Å². The minimum Gasteiger partial charge on any atom is -0.322 e. The number of anilines is 1. The molecule has 120 valence electrons. The van der Waals surface area contributed by atoms with Crippen molar-refractivity contribution in [3.05, 3.63) is 64.1 Å². The molecule has 1 amide bonds. The van der Waals surface area contributed by atoms with Crippen LogP contribution in [-0.2, 0) is 14.8 Å². The standard InChI is InChI=1S/C16H15BrN2O3S/c1-11-6-8-13(10-15(11)23(18,21)22)19-16(20)9-7-12-4-2-3-5-14(12)17/h2-10H,1H3,(H,19,20)(H2,18,21,22)/b9-7+. The molecule has 0 atom stereocenters. The van der Waals surface area contributed by atoms with E-state index in [0.717, 1.165) is 10.0 Å². The van der Waals surface area contributed by atoms with Gasteiger partial charge in [0.15, 0.2) is 0 Å². The smallest absolute Gasteiger partial charge is 0.248 e. The molecule has 0 fully saturated rings.